The number of furan rings is 1. The van der Waals surface area contributed by atoms with E-state index in [0.717, 1.165) is 0 Å². The summed E-state index contributed by atoms with van der Waals surface area (Å²) in [5.74, 6) is 0.957. The number of hydrogen-bond acceptors (Lipinski definition) is 5. The molecule has 1 atom stereocenters. The highest BCUT2D eigenvalue weighted by atomic mass is 35.5. The van der Waals surface area contributed by atoms with Crippen molar-refractivity contribution in [2.75, 3.05) is 39.3 Å². The van der Waals surface area contributed by atoms with E-state index in [9.17, 15) is 9.90 Å². The number of aliphatic hydroxyl groups excluding tert-OH is 1. The predicted octanol–water partition coefficient (Wildman–Crippen LogP) is 2.13. The fourth-order valence-corrected chi connectivity index (χ4v) is 2.89. The predicted molar refractivity (Wildman–Crippen MR) is 94.0 cm³/mol. The molecule has 0 spiro atoms. The Morgan fingerprint density at radius 3 is 2.56 bits per heavy atom. The Labute approximate surface area is 151 Å². The largest absolute Gasteiger partial charge is 0.491 e. The molecule has 0 aliphatic carbocycles. The molecule has 1 unspecified atom stereocenters. The molecule has 0 bridgehead atoms. The zero-order valence-electron chi connectivity index (χ0n) is 13.8. The fourth-order valence-electron chi connectivity index (χ4n) is 2.76. The average molecular weight is 365 g/mol. The fraction of sp³-hybridized carbons (Fsp3) is 0.389. The van der Waals surface area contributed by atoms with Gasteiger partial charge in [0.05, 0.1) is 6.26 Å². The number of halogens is 1. The third-order valence-electron chi connectivity index (χ3n) is 4.12. The number of nitrogens with zero attached hydrogens (tertiary/aromatic N) is 2. The summed E-state index contributed by atoms with van der Waals surface area (Å²) in [5, 5.41) is 10.8. The number of carbonyl (C=O) groups is 1. The number of benzene rings is 1. The molecule has 134 valence electrons. The highest BCUT2D eigenvalue weighted by Crippen LogP contribution is 2.16. The van der Waals surface area contributed by atoms with Crippen LogP contribution < -0.4 is 4.74 Å². The zero-order valence-corrected chi connectivity index (χ0v) is 14.6. The quantitative estimate of drug-likeness (QED) is 0.850. The van der Waals surface area contributed by atoms with E-state index in [-0.39, 0.29) is 12.5 Å². The minimum atomic E-state index is -0.594. The van der Waals surface area contributed by atoms with Crippen molar-refractivity contribution in [1.29, 1.82) is 0 Å². The first-order valence-electron chi connectivity index (χ1n) is 8.23. The van der Waals surface area contributed by atoms with E-state index in [1.165, 1.54) is 6.26 Å². The van der Waals surface area contributed by atoms with Crippen molar-refractivity contribution in [2.45, 2.75) is 6.10 Å². The maximum Gasteiger partial charge on any atom is 0.289 e. The molecule has 7 heteroatoms. The van der Waals surface area contributed by atoms with Gasteiger partial charge in [-0.25, -0.2) is 0 Å². The molecule has 2 aromatic rings. The first-order chi connectivity index (χ1) is 12.1. The molecular formula is C18H21ClN2O4. The van der Waals surface area contributed by atoms with Gasteiger partial charge in [0.1, 0.15) is 18.5 Å². The second-order valence-corrected chi connectivity index (χ2v) is 6.43. The summed E-state index contributed by atoms with van der Waals surface area (Å²) in [6, 6.07) is 10.4. The van der Waals surface area contributed by atoms with Crippen molar-refractivity contribution < 1.29 is 19.1 Å². The van der Waals surface area contributed by atoms with E-state index in [2.05, 4.69) is 4.90 Å². The summed E-state index contributed by atoms with van der Waals surface area (Å²) >= 11 is 5.82. The molecule has 1 amide bonds. The molecule has 1 N–H and O–H groups in total. The molecule has 3 rings (SSSR count). The normalized spacial score (nSPS) is 16.6. The van der Waals surface area contributed by atoms with Crippen LogP contribution in [0.3, 0.4) is 0 Å². The number of ether oxygens (including phenoxy) is 1. The summed E-state index contributed by atoms with van der Waals surface area (Å²) in [5.41, 5.74) is 0. The number of piperazine rings is 1. The summed E-state index contributed by atoms with van der Waals surface area (Å²) < 4.78 is 10.7. The van der Waals surface area contributed by atoms with Crippen molar-refractivity contribution >= 4 is 17.5 Å². The average Bonchev–Trinajstić information content (AvgIpc) is 3.16. The van der Waals surface area contributed by atoms with Crippen molar-refractivity contribution in [3.8, 4) is 5.75 Å². The van der Waals surface area contributed by atoms with Crippen LogP contribution in [0, 0.1) is 0 Å². The zero-order chi connectivity index (χ0) is 17.6. The third kappa shape index (κ3) is 4.98. The smallest absolute Gasteiger partial charge is 0.289 e. The number of amides is 1. The maximum absolute atomic E-state index is 12.2. The highest BCUT2D eigenvalue weighted by Gasteiger charge is 2.24. The first kappa shape index (κ1) is 17.8. The monoisotopic (exact) mass is 364 g/mol. The van der Waals surface area contributed by atoms with Crippen LogP contribution >= 0.6 is 11.6 Å². The summed E-state index contributed by atoms with van der Waals surface area (Å²) in [7, 11) is 0. The van der Waals surface area contributed by atoms with Gasteiger partial charge in [0.15, 0.2) is 5.76 Å². The van der Waals surface area contributed by atoms with E-state index in [1.807, 2.05) is 0 Å². The molecule has 1 saturated heterocycles. The van der Waals surface area contributed by atoms with Gasteiger partial charge >= 0.3 is 0 Å². The van der Waals surface area contributed by atoms with Crippen LogP contribution in [0.2, 0.25) is 5.02 Å². The van der Waals surface area contributed by atoms with Gasteiger partial charge in [0, 0.05) is 37.7 Å². The Balaban J connectivity index is 1.39. The Kier molecular flexibility index (Phi) is 5.96. The molecule has 0 saturated carbocycles. The van der Waals surface area contributed by atoms with E-state index in [4.69, 9.17) is 20.8 Å². The van der Waals surface area contributed by atoms with Gasteiger partial charge in [-0.3, -0.25) is 9.69 Å². The molecule has 2 heterocycles. The van der Waals surface area contributed by atoms with Gasteiger partial charge in [-0.05, 0) is 36.4 Å². The molecule has 6 nitrogen and oxygen atoms in total. The second-order valence-electron chi connectivity index (χ2n) is 5.99. The highest BCUT2D eigenvalue weighted by molar-refractivity contribution is 6.30. The van der Waals surface area contributed by atoms with Gasteiger partial charge in [-0.1, -0.05) is 11.6 Å². The van der Waals surface area contributed by atoms with Gasteiger partial charge in [0.25, 0.3) is 5.91 Å². The molecule has 1 aliphatic heterocycles. The Hall–Kier alpha value is -2.02. The van der Waals surface area contributed by atoms with Gasteiger partial charge in [-0.2, -0.15) is 0 Å². The number of rotatable bonds is 6. The number of β-amino-alcohol motifs (C(OH)–C–C–N with tert-alkyl or cyclic N) is 1. The maximum atomic E-state index is 12.2. The van der Waals surface area contributed by atoms with Crippen molar-refractivity contribution in [2.24, 2.45) is 0 Å². The van der Waals surface area contributed by atoms with Crippen LogP contribution in [-0.4, -0.2) is 66.2 Å². The molecule has 1 aromatic heterocycles. The van der Waals surface area contributed by atoms with Crippen molar-refractivity contribution in [1.82, 2.24) is 9.80 Å². The van der Waals surface area contributed by atoms with Crippen LogP contribution in [0.15, 0.2) is 47.1 Å². The van der Waals surface area contributed by atoms with Crippen LogP contribution in [0.4, 0.5) is 0 Å². The number of hydrogen-bond donors (Lipinski definition) is 1. The molecule has 1 aromatic carbocycles. The molecule has 1 aliphatic rings. The summed E-state index contributed by atoms with van der Waals surface area (Å²) in [6.07, 6.45) is 0.906. The summed E-state index contributed by atoms with van der Waals surface area (Å²) in [4.78, 5) is 16.1. The lowest BCUT2D eigenvalue weighted by Gasteiger charge is -2.35. The number of carbonyl (C=O) groups excluding carboxylic acids is 1. The molecule has 25 heavy (non-hydrogen) atoms. The van der Waals surface area contributed by atoms with E-state index >= 15 is 0 Å². The lowest BCUT2D eigenvalue weighted by molar-refractivity contribution is 0.0389. The molecular weight excluding hydrogens is 344 g/mol. The lowest BCUT2D eigenvalue weighted by Crippen LogP contribution is -2.50. The standard InChI is InChI=1S/C18H21ClN2O4/c19-14-3-5-16(6-4-14)25-13-15(22)12-20-7-9-21(10-8-20)18(23)17-2-1-11-24-17/h1-6,11,15,22H,7-10,12-13H2. The van der Waals surface area contributed by atoms with E-state index < -0.39 is 6.10 Å². The van der Waals surface area contributed by atoms with Crippen molar-refractivity contribution in [3.05, 3.63) is 53.4 Å². The lowest BCUT2D eigenvalue weighted by atomic mass is 10.2. The Bertz CT molecular complexity index is 667. The Morgan fingerprint density at radius 1 is 1.20 bits per heavy atom. The molecule has 1 fully saturated rings. The third-order valence-corrected chi connectivity index (χ3v) is 4.37. The second kappa shape index (κ2) is 8.38. The number of aliphatic hydroxyl groups is 1. The topological polar surface area (TPSA) is 66.2 Å². The minimum absolute atomic E-state index is 0.0868. The SMILES string of the molecule is O=C(c1ccco1)N1CCN(CC(O)COc2ccc(Cl)cc2)CC1. The van der Waals surface area contributed by atoms with E-state index in [1.54, 1.807) is 41.3 Å². The van der Waals surface area contributed by atoms with Crippen LogP contribution in [0.5, 0.6) is 5.75 Å². The van der Waals surface area contributed by atoms with E-state index in [0.29, 0.717) is 49.3 Å². The van der Waals surface area contributed by atoms with Crippen LogP contribution in [0.1, 0.15) is 10.6 Å². The van der Waals surface area contributed by atoms with Crippen LogP contribution in [-0.2, 0) is 0 Å². The van der Waals surface area contributed by atoms with Gasteiger partial charge in [0.2, 0.25) is 0 Å². The first-order valence-corrected chi connectivity index (χ1v) is 8.61. The van der Waals surface area contributed by atoms with Crippen LogP contribution in [0.25, 0.3) is 0 Å². The minimum Gasteiger partial charge on any atom is -0.491 e. The van der Waals surface area contributed by atoms with Gasteiger partial charge in [-0.15, -0.1) is 0 Å². The van der Waals surface area contributed by atoms with Crippen molar-refractivity contribution in [3.63, 3.8) is 0 Å². The Morgan fingerprint density at radius 2 is 1.92 bits per heavy atom. The summed E-state index contributed by atoms with van der Waals surface area (Å²) in [6.45, 7) is 3.38. The van der Waals surface area contributed by atoms with Gasteiger partial charge < -0.3 is 19.2 Å². The molecule has 0 radical (unpaired) electrons.